The van der Waals surface area contributed by atoms with E-state index in [1.54, 1.807) is 6.08 Å². The van der Waals surface area contributed by atoms with Crippen LogP contribution < -0.4 is 0 Å². The van der Waals surface area contributed by atoms with Gasteiger partial charge in [0.25, 0.3) is 0 Å². The third-order valence-corrected chi connectivity index (χ3v) is 3.00. The van der Waals surface area contributed by atoms with Gasteiger partial charge in [-0.15, -0.1) is 0 Å². The molecule has 0 fully saturated rings. The van der Waals surface area contributed by atoms with Crippen LogP contribution in [0.4, 0.5) is 0 Å². The van der Waals surface area contributed by atoms with Crippen LogP contribution in [0.25, 0.3) is 0 Å². The third-order valence-electron chi connectivity index (χ3n) is 3.00. The van der Waals surface area contributed by atoms with Gasteiger partial charge in [-0.05, 0) is 25.3 Å². The molecule has 0 radical (unpaired) electrons. The van der Waals surface area contributed by atoms with E-state index in [0.717, 1.165) is 17.6 Å². The van der Waals surface area contributed by atoms with Crippen LogP contribution in [-0.2, 0) is 4.74 Å². The molecule has 0 aromatic rings. The molecule has 1 aliphatic rings. The second-order valence-electron chi connectivity index (χ2n) is 4.27. The summed E-state index contributed by atoms with van der Waals surface area (Å²) in [7, 11) is 0. The van der Waals surface area contributed by atoms with Gasteiger partial charge in [0.05, 0.1) is 6.61 Å². The molecule has 0 amide bonds. The summed E-state index contributed by atoms with van der Waals surface area (Å²) in [4.78, 5) is 0. The first-order valence-corrected chi connectivity index (χ1v) is 6.02. The van der Waals surface area contributed by atoms with E-state index < -0.39 is 0 Å². The van der Waals surface area contributed by atoms with E-state index in [1.807, 2.05) is 0 Å². The lowest BCUT2D eigenvalue weighted by Gasteiger charge is -2.20. The van der Waals surface area contributed by atoms with E-state index in [9.17, 15) is 5.11 Å². The van der Waals surface area contributed by atoms with Crippen molar-refractivity contribution in [2.24, 2.45) is 0 Å². The molecule has 16 heavy (non-hydrogen) atoms. The van der Waals surface area contributed by atoms with Crippen molar-refractivity contribution in [3.05, 3.63) is 35.1 Å². The highest BCUT2D eigenvalue weighted by molar-refractivity contribution is 5.45. The molecule has 0 atom stereocenters. The third kappa shape index (κ3) is 3.24. The van der Waals surface area contributed by atoms with Gasteiger partial charge in [0.15, 0.2) is 0 Å². The molecule has 0 aliphatic carbocycles. The number of aliphatic hydroxyl groups excluding tert-OH is 1. The number of allylic oxidation sites excluding steroid dienone is 2. The van der Waals surface area contributed by atoms with Gasteiger partial charge in [-0.2, -0.15) is 0 Å². The molecule has 1 N–H and O–H groups in total. The number of hydrogen-bond acceptors (Lipinski definition) is 2. The van der Waals surface area contributed by atoms with Crippen LogP contribution in [0.3, 0.4) is 0 Å². The Hall–Kier alpha value is -1.02. The topological polar surface area (TPSA) is 29.5 Å². The molecule has 2 heteroatoms. The van der Waals surface area contributed by atoms with Crippen molar-refractivity contribution < 1.29 is 9.84 Å². The highest BCUT2D eigenvalue weighted by atomic mass is 16.5. The number of hydrogen-bond donors (Lipinski definition) is 1. The van der Waals surface area contributed by atoms with E-state index in [-0.39, 0.29) is 0 Å². The largest absolute Gasteiger partial charge is 0.509 e. The van der Waals surface area contributed by atoms with Gasteiger partial charge in [0.2, 0.25) is 0 Å². The van der Waals surface area contributed by atoms with Crippen LogP contribution in [0.2, 0.25) is 0 Å². The van der Waals surface area contributed by atoms with Crippen molar-refractivity contribution in [2.75, 3.05) is 13.2 Å². The monoisotopic (exact) mass is 222 g/mol. The number of rotatable bonds is 5. The van der Waals surface area contributed by atoms with Crippen LogP contribution in [0.15, 0.2) is 35.1 Å². The molecule has 1 aliphatic heterocycles. The zero-order chi connectivity index (χ0) is 12.0. The number of unbranched alkanes of at least 4 members (excludes halogenated alkanes) is 2. The minimum Gasteiger partial charge on any atom is -0.509 e. The van der Waals surface area contributed by atoms with E-state index >= 15 is 0 Å². The molecule has 90 valence electrons. The molecule has 0 bridgehead atoms. The molecule has 0 aromatic carbocycles. The maximum absolute atomic E-state index is 9.71. The van der Waals surface area contributed by atoms with Gasteiger partial charge in [0.1, 0.15) is 12.4 Å². The van der Waals surface area contributed by atoms with Gasteiger partial charge in [-0.1, -0.05) is 38.0 Å². The molecule has 0 aromatic heterocycles. The molecule has 0 saturated heterocycles. The number of aliphatic hydroxyl groups is 1. The van der Waals surface area contributed by atoms with Crippen molar-refractivity contribution in [3.8, 4) is 0 Å². The van der Waals surface area contributed by atoms with Gasteiger partial charge in [-0.3, -0.25) is 0 Å². The molecular weight excluding hydrogens is 200 g/mol. The predicted molar refractivity (Wildman–Crippen MR) is 67.5 cm³/mol. The van der Waals surface area contributed by atoms with Gasteiger partial charge in [-0.25, -0.2) is 0 Å². The zero-order valence-corrected chi connectivity index (χ0v) is 10.4. The van der Waals surface area contributed by atoms with E-state index in [4.69, 9.17) is 4.74 Å². The zero-order valence-electron chi connectivity index (χ0n) is 10.4. The number of ether oxygens (including phenoxy) is 1. The van der Waals surface area contributed by atoms with Crippen molar-refractivity contribution in [1.29, 1.82) is 0 Å². The molecule has 1 heterocycles. The quantitative estimate of drug-likeness (QED) is 0.715. The minimum atomic E-state index is 0.311. The smallest absolute Gasteiger partial charge is 0.125 e. The summed E-state index contributed by atoms with van der Waals surface area (Å²) in [5.74, 6) is 0.311. The Bertz CT molecular complexity index is 311. The minimum absolute atomic E-state index is 0.311. The second-order valence-corrected chi connectivity index (χ2v) is 4.27. The van der Waals surface area contributed by atoms with Crippen LogP contribution in [0.1, 0.15) is 39.5 Å². The van der Waals surface area contributed by atoms with Crippen LogP contribution in [0.5, 0.6) is 0 Å². The van der Waals surface area contributed by atoms with Gasteiger partial charge < -0.3 is 9.84 Å². The molecule has 1 rings (SSSR count). The molecule has 0 unspecified atom stereocenters. The Kier molecular flexibility index (Phi) is 5.33. The summed E-state index contributed by atoms with van der Waals surface area (Å²) in [6.07, 6.45) is 6.50. The fourth-order valence-corrected chi connectivity index (χ4v) is 1.96. The Morgan fingerprint density at radius 2 is 2.19 bits per heavy atom. The van der Waals surface area contributed by atoms with E-state index in [2.05, 4.69) is 20.4 Å². The fourth-order valence-electron chi connectivity index (χ4n) is 1.96. The molecule has 2 nitrogen and oxygen atoms in total. The first-order chi connectivity index (χ1) is 7.70. The highest BCUT2D eigenvalue weighted by Gasteiger charge is 2.16. The Morgan fingerprint density at radius 1 is 1.44 bits per heavy atom. The lowest BCUT2D eigenvalue weighted by Crippen LogP contribution is -2.14. The van der Waals surface area contributed by atoms with Crippen LogP contribution >= 0.6 is 0 Å². The van der Waals surface area contributed by atoms with Gasteiger partial charge in [0, 0.05) is 5.57 Å². The maximum Gasteiger partial charge on any atom is 0.125 e. The average Bonchev–Trinajstić information content (AvgIpc) is 2.29. The SMILES string of the molecule is C=CC1=C(O)COC/C1=C(/C)CCCCC. The standard InChI is InChI=1S/C14H22O2/c1-4-6-7-8-11(3)13-9-16-10-14(15)12(13)5-2/h5,15H,2,4,6-10H2,1,3H3/b13-11+. The van der Waals surface area contributed by atoms with E-state index in [1.165, 1.54) is 24.8 Å². The second kappa shape index (κ2) is 6.54. The van der Waals surface area contributed by atoms with Crippen molar-refractivity contribution in [3.63, 3.8) is 0 Å². The summed E-state index contributed by atoms with van der Waals surface area (Å²) in [5, 5.41) is 9.71. The molecule has 0 saturated carbocycles. The Balaban J connectivity index is 2.79. The van der Waals surface area contributed by atoms with Crippen molar-refractivity contribution in [1.82, 2.24) is 0 Å². The van der Waals surface area contributed by atoms with E-state index in [0.29, 0.717) is 19.0 Å². The Morgan fingerprint density at radius 3 is 2.81 bits per heavy atom. The summed E-state index contributed by atoms with van der Waals surface area (Å²) in [6, 6.07) is 0. The lowest BCUT2D eigenvalue weighted by atomic mass is 9.95. The summed E-state index contributed by atoms with van der Waals surface area (Å²) in [5.41, 5.74) is 3.31. The Labute approximate surface area is 98.3 Å². The lowest BCUT2D eigenvalue weighted by molar-refractivity contribution is 0.135. The summed E-state index contributed by atoms with van der Waals surface area (Å²) in [6.45, 7) is 8.99. The normalized spacial score (nSPS) is 19.9. The van der Waals surface area contributed by atoms with Crippen LogP contribution in [0, 0.1) is 0 Å². The fraction of sp³-hybridized carbons (Fsp3) is 0.571. The first kappa shape index (κ1) is 13.0. The van der Waals surface area contributed by atoms with Crippen molar-refractivity contribution in [2.45, 2.75) is 39.5 Å². The maximum atomic E-state index is 9.71. The highest BCUT2D eigenvalue weighted by Crippen LogP contribution is 2.26. The van der Waals surface area contributed by atoms with Crippen molar-refractivity contribution >= 4 is 0 Å². The van der Waals surface area contributed by atoms with Crippen LogP contribution in [-0.4, -0.2) is 18.3 Å². The predicted octanol–water partition coefficient (Wildman–Crippen LogP) is 3.91. The molecular formula is C14H22O2. The summed E-state index contributed by atoms with van der Waals surface area (Å²) < 4.78 is 5.34. The summed E-state index contributed by atoms with van der Waals surface area (Å²) >= 11 is 0. The first-order valence-electron chi connectivity index (χ1n) is 6.02. The van der Waals surface area contributed by atoms with Gasteiger partial charge >= 0.3 is 0 Å². The molecule has 0 spiro atoms. The average molecular weight is 222 g/mol.